The molecule has 0 spiro atoms. The van der Waals surface area contributed by atoms with Crippen molar-refractivity contribution in [3.8, 4) is 28.6 Å². The minimum Gasteiger partial charge on any atom is -0.496 e. The van der Waals surface area contributed by atoms with E-state index in [1.54, 1.807) is 19.2 Å². The Morgan fingerprint density at radius 2 is 1.82 bits per heavy atom. The molecule has 1 aromatic heterocycles. The second-order valence-corrected chi connectivity index (χ2v) is 7.44. The van der Waals surface area contributed by atoms with Gasteiger partial charge in [-0.15, -0.1) is 0 Å². The molecular weight excluding hydrogens is 426 g/mol. The Balaban J connectivity index is 1.82. The highest BCUT2D eigenvalue weighted by Gasteiger charge is 2.17. The fourth-order valence-electron chi connectivity index (χ4n) is 3.42. The molecule has 33 heavy (non-hydrogen) atoms. The summed E-state index contributed by atoms with van der Waals surface area (Å²) < 4.78 is 21.6. The molecule has 0 aliphatic heterocycles. The lowest BCUT2D eigenvalue weighted by atomic mass is 10.1. The van der Waals surface area contributed by atoms with E-state index >= 15 is 0 Å². The van der Waals surface area contributed by atoms with Gasteiger partial charge in [-0.1, -0.05) is 6.92 Å². The van der Waals surface area contributed by atoms with Gasteiger partial charge < -0.3 is 29.2 Å². The van der Waals surface area contributed by atoms with Crippen molar-refractivity contribution in [2.75, 3.05) is 34.0 Å². The number of ether oxygens (including phenoxy) is 4. The third-order valence-corrected chi connectivity index (χ3v) is 5.13. The molecule has 2 aromatic carbocycles. The number of rotatable bonds is 9. The monoisotopic (exact) mass is 455 g/mol. The molecule has 0 bridgehead atoms. The number of carbonyl (C=O) groups excluding carboxylic acids is 1. The molecule has 0 fully saturated rings. The number of aryl methyl sites for hydroxylation is 2. The number of methoxy groups -OCH3 is 2. The maximum atomic E-state index is 12.9. The van der Waals surface area contributed by atoms with Gasteiger partial charge in [0.2, 0.25) is 0 Å². The molecule has 0 saturated heterocycles. The van der Waals surface area contributed by atoms with Crippen molar-refractivity contribution in [1.82, 2.24) is 15.3 Å². The number of nitrogens with one attached hydrogen (secondary N) is 2. The summed E-state index contributed by atoms with van der Waals surface area (Å²) in [4.78, 5) is 31.9. The van der Waals surface area contributed by atoms with Gasteiger partial charge in [0.25, 0.3) is 5.56 Å². The highest BCUT2D eigenvalue weighted by Crippen LogP contribution is 2.33. The van der Waals surface area contributed by atoms with Crippen molar-refractivity contribution in [1.29, 1.82) is 0 Å². The van der Waals surface area contributed by atoms with Crippen molar-refractivity contribution in [3.05, 3.63) is 45.7 Å². The van der Waals surface area contributed by atoms with E-state index < -0.39 is 6.09 Å². The number of aromatic nitrogens is 2. The number of carbonyl (C=O) groups is 1. The van der Waals surface area contributed by atoms with E-state index in [1.807, 2.05) is 32.9 Å². The second-order valence-electron chi connectivity index (χ2n) is 7.44. The summed E-state index contributed by atoms with van der Waals surface area (Å²) in [5, 5.41) is 3.01. The van der Waals surface area contributed by atoms with Gasteiger partial charge in [-0.05, 0) is 44.0 Å². The Kier molecular flexibility index (Phi) is 7.76. The molecule has 9 heteroatoms. The van der Waals surface area contributed by atoms with Gasteiger partial charge in [-0.2, -0.15) is 0 Å². The normalized spacial score (nSPS) is 10.7. The molecule has 0 aliphatic carbocycles. The van der Waals surface area contributed by atoms with E-state index in [0.717, 1.165) is 23.1 Å². The molecule has 0 unspecified atom stereocenters. The second kappa shape index (κ2) is 10.7. The Morgan fingerprint density at radius 1 is 1.06 bits per heavy atom. The first-order valence-corrected chi connectivity index (χ1v) is 10.7. The van der Waals surface area contributed by atoms with E-state index in [9.17, 15) is 9.59 Å². The van der Waals surface area contributed by atoms with Crippen LogP contribution in [-0.4, -0.2) is 50.0 Å². The highest BCUT2D eigenvalue weighted by atomic mass is 16.6. The Labute approximate surface area is 192 Å². The van der Waals surface area contributed by atoms with Crippen LogP contribution in [0, 0.1) is 13.8 Å². The van der Waals surface area contributed by atoms with E-state index in [-0.39, 0.29) is 18.8 Å². The van der Waals surface area contributed by atoms with Crippen molar-refractivity contribution in [2.24, 2.45) is 0 Å². The SMILES string of the molecule is CCCNC(=O)OCCOc1ccc(-c2nc3c(C)c(OC)cc(OC)c3c(=O)[nH]2)cc1C. The molecule has 1 heterocycles. The molecule has 9 nitrogen and oxygen atoms in total. The summed E-state index contributed by atoms with van der Waals surface area (Å²) in [5.41, 5.74) is 2.55. The van der Waals surface area contributed by atoms with Gasteiger partial charge in [0.05, 0.1) is 19.7 Å². The first kappa shape index (κ1) is 23.9. The van der Waals surface area contributed by atoms with Crippen LogP contribution in [0.5, 0.6) is 17.2 Å². The van der Waals surface area contributed by atoms with E-state index in [1.165, 1.54) is 7.11 Å². The van der Waals surface area contributed by atoms with Gasteiger partial charge in [0.1, 0.15) is 41.7 Å². The van der Waals surface area contributed by atoms with Crippen molar-refractivity contribution in [3.63, 3.8) is 0 Å². The average Bonchev–Trinajstić information content (AvgIpc) is 2.81. The zero-order valence-electron chi connectivity index (χ0n) is 19.5. The fourth-order valence-corrected chi connectivity index (χ4v) is 3.42. The topological polar surface area (TPSA) is 112 Å². The van der Waals surface area contributed by atoms with Gasteiger partial charge in [-0.3, -0.25) is 4.79 Å². The standard InChI is InChI=1S/C24H29N3O6/c1-6-9-25-24(29)33-11-10-32-17-8-7-16(12-14(17)2)22-26-21-15(3)18(30-4)13-19(31-5)20(21)23(28)27-22/h7-8,12-13H,6,9-11H2,1-5H3,(H,25,29)(H,26,27,28). The van der Waals surface area contributed by atoms with Gasteiger partial charge in [0.15, 0.2) is 0 Å². The third-order valence-electron chi connectivity index (χ3n) is 5.13. The van der Waals surface area contributed by atoms with Crippen molar-refractivity contribution in [2.45, 2.75) is 27.2 Å². The Morgan fingerprint density at radius 3 is 2.48 bits per heavy atom. The number of hydrogen-bond donors (Lipinski definition) is 2. The molecule has 3 rings (SSSR count). The predicted molar refractivity (Wildman–Crippen MR) is 126 cm³/mol. The molecule has 1 amide bonds. The van der Waals surface area contributed by atoms with Crippen LogP contribution in [0.4, 0.5) is 4.79 Å². The number of H-pyrrole nitrogens is 1. The molecule has 2 N–H and O–H groups in total. The summed E-state index contributed by atoms with van der Waals surface area (Å²) in [6.45, 7) is 6.65. The zero-order valence-corrected chi connectivity index (χ0v) is 19.5. The molecule has 0 atom stereocenters. The van der Waals surface area contributed by atoms with E-state index in [4.69, 9.17) is 23.9 Å². The first-order chi connectivity index (χ1) is 15.9. The maximum Gasteiger partial charge on any atom is 0.407 e. The van der Waals surface area contributed by atoms with Crippen LogP contribution in [0.2, 0.25) is 0 Å². The summed E-state index contributed by atoms with van der Waals surface area (Å²) >= 11 is 0. The summed E-state index contributed by atoms with van der Waals surface area (Å²) in [5.74, 6) is 2.07. The number of amides is 1. The predicted octanol–water partition coefficient (Wildman–Crippen LogP) is 3.74. The van der Waals surface area contributed by atoms with Crippen molar-refractivity contribution >= 4 is 17.0 Å². The number of alkyl carbamates (subject to hydrolysis) is 1. The highest BCUT2D eigenvalue weighted by molar-refractivity contribution is 5.90. The Hall–Kier alpha value is -3.75. The minimum atomic E-state index is -0.456. The molecular formula is C24H29N3O6. The molecule has 176 valence electrons. The molecule has 0 aliphatic rings. The quantitative estimate of drug-likeness (QED) is 0.473. The smallest absolute Gasteiger partial charge is 0.407 e. The van der Waals surface area contributed by atoms with E-state index in [0.29, 0.717) is 40.5 Å². The minimum absolute atomic E-state index is 0.138. The van der Waals surface area contributed by atoms with Crippen LogP contribution < -0.4 is 25.1 Å². The summed E-state index contributed by atoms with van der Waals surface area (Å²) in [6, 6.07) is 7.17. The van der Waals surface area contributed by atoms with Crippen LogP contribution >= 0.6 is 0 Å². The zero-order chi connectivity index (χ0) is 24.0. The largest absolute Gasteiger partial charge is 0.496 e. The van der Waals surface area contributed by atoms with Gasteiger partial charge >= 0.3 is 6.09 Å². The lowest BCUT2D eigenvalue weighted by Gasteiger charge is -2.13. The average molecular weight is 456 g/mol. The maximum absolute atomic E-state index is 12.9. The van der Waals surface area contributed by atoms with Crippen LogP contribution in [0.1, 0.15) is 24.5 Å². The molecule has 3 aromatic rings. The number of benzene rings is 2. The number of fused-ring (bicyclic) bond motifs is 1. The van der Waals surface area contributed by atoms with Crippen LogP contribution in [0.3, 0.4) is 0 Å². The molecule has 0 saturated carbocycles. The van der Waals surface area contributed by atoms with Crippen LogP contribution in [-0.2, 0) is 4.74 Å². The van der Waals surface area contributed by atoms with Crippen LogP contribution in [0.15, 0.2) is 29.1 Å². The van der Waals surface area contributed by atoms with Crippen LogP contribution in [0.25, 0.3) is 22.3 Å². The van der Waals surface area contributed by atoms with Crippen molar-refractivity contribution < 1.29 is 23.7 Å². The number of hydrogen-bond acceptors (Lipinski definition) is 7. The van der Waals surface area contributed by atoms with Gasteiger partial charge in [0, 0.05) is 23.7 Å². The fraction of sp³-hybridized carbons (Fsp3) is 0.375. The third kappa shape index (κ3) is 5.36. The lowest BCUT2D eigenvalue weighted by Crippen LogP contribution is -2.26. The Bertz CT molecular complexity index is 1210. The first-order valence-electron chi connectivity index (χ1n) is 10.7. The lowest BCUT2D eigenvalue weighted by molar-refractivity contribution is 0.125. The van der Waals surface area contributed by atoms with E-state index in [2.05, 4.69) is 10.3 Å². The van der Waals surface area contributed by atoms with Gasteiger partial charge in [-0.25, -0.2) is 9.78 Å². The summed E-state index contributed by atoms with van der Waals surface area (Å²) in [6.07, 6.45) is 0.386. The molecule has 0 radical (unpaired) electrons. The number of aromatic amines is 1. The number of nitrogens with zero attached hydrogens (tertiary/aromatic N) is 1. The summed E-state index contributed by atoms with van der Waals surface area (Å²) in [7, 11) is 3.06.